The lowest BCUT2D eigenvalue weighted by Crippen LogP contribution is -1.97. The van der Waals surface area contributed by atoms with E-state index in [4.69, 9.17) is 4.74 Å². The zero-order chi connectivity index (χ0) is 22.2. The second-order valence-corrected chi connectivity index (χ2v) is 9.67. The van der Waals surface area contributed by atoms with Crippen LogP contribution in [0.4, 0.5) is 0 Å². The topological polar surface area (TPSA) is 35.0 Å². The van der Waals surface area contributed by atoms with Gasteiger partial charge in [0.2, 0.25) is 0 Å². The fourth-order valence-electron chi connectivity index (χ4n) is 3.50. The molecule has 1 atom stereocenters. The highest BCUT2D eigenvalue weighted by Gasteiger charge is 2.03. The maximum Gasteiger partial charge on any atom is 0.187 e. The zero-order valence-electron chi connectivity index (χ0n) is 19.9. The van der Waals surface area contributed by atoms with Gasteiger partial charge in [-0.05, 0) is 36.5 Å². The van der Waals surface area contributed by atoms with Crippen molar-refractivity contribution >= 4 is 11.8 Å². The molecule has 0 aliphatic heterocycles. The number of benzene rings is 1. The van der Waals surface area contributed by atoms with E-state index in [9.17, 15) is 0 Å². The molecule has 0 aliphatic rings. The van der Waals surface area contributed by atoms with E-state index in [-0.39, 0.29) is 0 Å². The van der Waals surface area contributed by atoms with Crippen LogP contribution < -0.4 is 4.74 Å². The minimum atomic E-state index is 0.804. The van der Waals surface area contributed by atoms with Gasteiger partial charge in [-0.25, -0.2) is 9.97 Å². The molecule has 0 amide bonds. The third-order valence-corrected chi connectivity index (χ3v) is 6.81. The van der Waals surface area contributed by atoms with E-state index in [0.717, 1.165) is 46.7 Å². The summed E-state index contributed by atoms with van der Waals surface area (Å²) in [4.78, 5) is 9.10. The quantitative estimate of drug-likeness (QED) is 0.140. The summed E-state index contributed by atoms with van der Waals surface area (Å²) in [5, 5.41) is 0.879. The van der Waals surface area contributed by atoms with Crippen LogP contribution in [0.1, 0.15) is 91.4 Å². The van der Waals surface area contributed by atoms with Crippen molar-refractivity contribution in [1.82, 2.24) is 9.97 Å². The molecule has 0 radical (unpaired) electrons. The van der Waals surface area contributed by atoms with Crippen molar-refractivity contribution in [1.29, 1.82) is 0 Å². The first-order valence-electron chi connectivity index (χ1n) is 12.4. The van der Waals surface area contributed by atoms with Gasteiger partial charge in [0.15, 0.2) is 5.16 Å². The Labute approximate surface area is 194 Å². The molecule has 0 N–H and O–H groups in total. The highest BCUT2D eigenvalue weighted by Crippen LogP contribution is 2.23. The second-order valence-electron chi connectivity index (χ2n) is 8.61. The molecule has 0 unspecified atom stereocenters. The van der Waals surface area contributed by atoms with E-state index in [2.05, 4.69) is 55.0 Å². The molecule has 172 valence electrons. The van der Waals surface area contributed by atoms with Gasteiger partial charge in [0.25, 0.3) is 0 Å². The van der Waals surface area contributed by atoms with Crippen LogP contribution in [-0.4, -0.2) is 22.3 Å². The zero-order valence-corrected chi connectivity index (χ0v) is 20.8. The smallest absolute Gasteiger partial charge is 0.187 e. The number of nitrogens with zero attached hydrogens (tertiary/aromatic N) is 2. The Morgan fingerprint density at radius 3 is 2.19 bits per heavy atom. The average molecular weight is 443 g/mol. The molecular weight excluding hydrogens is 400 g/mol. The molecule has 0 saturated heterocycles. The molecule has 0 saturated carbocycles. The molecule has 1 heterocycles. The molecule has 31 heavy (non-hydrogen) atoms. The van der Waals surface area contributed by atoms with Gasteiger partial charge >= 0.3 is 0 Å². The van der Waals surface area contributed by atoms with Gasteiger partial charge in [0, 0.05) is 23.7 Å². The Morgan fingerprint density at radius 2 is 1.48 bits per heavy atom. The normalized spacial score (nSPS) is 12.1. The molecule has 0 spiro atoms. The van der Waals surface area contributed by atoms with Crippen molar-refractivity contribution in [2.24, 2.45) is 5.92 Å². The Balaban J connectivity index is 1.65. The number of ether oxygens (including phenoxy) is 1. The molecular formula is C27H42N2OS. The van der Waals surface area contributed by atoms with Crippen LogP contribution in [-0.2, 0) is 0 Å². The Hall–Kier alpha value is -1.55. The van der Waals surface area contributed by atoms with E-state index < -0.39 is 0 Å². The lowest BCUT2D eigenvalue weighted by atomic mass is 10.0. The van der Waals surface area contributed by atoms with Gasteiger partial charge in [-0.1, -0.05) is 102 Å². The van der Waals surface area contributed by atoms with Crippen LogP contribution in [0.5, 0.6) is 5.75 Å². The fourth-order valence-corrected chi connectivity index (χ4v) is 4.28. The molecule has 0 aliphatic carbocycles. The number of unbranched alkanes of at least 4 members (excludes halogenated alkanes) is 7. The Bertz CT molecular complexity index is 687. The van der Waals surface area contributed by atoms with Crippen molar-refractivity contribution in [3.05, 3.63) is 36.7 Å². The lowest BCUT2D eigenvalue weighted by molar-refractivity contribution is 0.304. The number of hydrogen-bond acceptors (Lipinski definition) is 4. The van der Waals surface area contributed by atoms with Crippen molar-refractivity contribution in [2.75, 3.05) is 12.4 Å². The third-order valence-electron chi connectivity index (χ3n) is 5.85. The van der Waals surface area contributed by atoms with Crippen LogP contribution >= 0.6 is 11.8 Å². The summed E-state index contributed by atoms with van der Waals surface area (Å²) in [6.07, 6.45) is 18.1. The van der Waals surface area contributed by atoms with E-state index in [0.29, 0.717) is 0 Å². The summed E-state index contributed by atoms with van der Waals surface area (Å²) in [5.41, 5.74) is 2.19. The molecule has 0 bridgehead atoms. The summed E-state index contributed by atoms with van der Waals surface area (Å²) in [6.45, 7) is 7.68. The van der Waals surface area contributed by atoms with Crippen LogP contribution in [0.15, 0.2) is 41.8 Å². The van der Waals surface area contributed by atoms with Gasteiger partial charge in [-0.2, -0.15) is 0 Å². The predicted molar refractivity (Wildman–Crippen MR) is 135 cm³/mol. The summed E-state index contributed by atoms with van der Waals surface area (Å²) < 4.78 is 5.88. The van der Waals surface area contributed by atoms with Crippen molar-refractivity contribution in [2.45, 2.75) is 96.6 Å². The first-order chi connectivity index (χ1) is 15.2. The maximum absolute atomic E-state index is 5.88. The minimum Gasteiger partial charge on any atom is -0.494 e. The first-order valence-corrected chi connectivity index (χ1v) is 13.4. The SMILES string of the molecule is CCCCCCCCOc1ccc(-c2cnc(SCCCCC[C@@H](C)CC)nc2)cc1. The monoisotopic (exact) mass is 442 g/mol. The van der Waals surface area contributed by atoms with Gasteiger partial charge in [0.05, 0.1) is 6.61 Å². The molecule has 3 nitrogen and oxygen atoms in total. The largest absolute Gasteiger partial charge is 0.494 e. The molecule has 2 aromatic rings. The predicted octanol–water partition coefficient (Wildman–Crippen LogP) is 8.58. The molecule has 0 fully saturated rings. The van der Waals surface area contributed by atoms with Crippen molar-refractivity contribution < 1.29 is 4.74 Å². The summed E-state index contributed by atoms with van der Waals surface area (Å²) in [7, 11) is 0. The Kier molecular flexibility index (Phi) is 13.4. The summed E-state index contributed by atoms with van der Waals surface area (Å²) >= 11 is 1.77. The number of rotatable bonds is 17. The van der Waals surface area contributed by atoms with Gasteiger partial charge in [-0.15, -0.1) is 0 Å². The van der Waals surface area contributed by atoms with Crippen LogP contribution in [0.2, 0.25) is 0 Å². The molecule has 1 aromatic heterocycles. The number of thioether (sulfide) groups is 1. The van der Waals surface area contributed by atoms with Crippen molar-refractivity contribution in [3.63, 3.8) is 0 Å². The standard InChI is InChI=1S/C27H42N2OS/c1-4-6-7-8-9-12-19-30-26-17-15-24(16-18-26)25-21-28-27(29-22-25)31-20-13-10-11-14-23(3)5-2/h15-18,21-23H,4-14,19-20H2,1-3H3/t23-/m0/s1. The van der Waals surface area contributed by atoms with E-state index >= 15 is 0 Å². The molecule has 2 rings (SSSR count). The number of aromatic nitrogens is 2. The van der Waals surface area contributed by atoms with Gasteiger partial charge < -0.3 is 4.74 Å². The van der Waals surface area contributed by atoms with E-state index in [1.54, 1.807) is 11.8 Å². The van der Waals surface area contributed by atoms with Gasteiger partial charge in [-0.3, -0.25) is 0 Å². The summed E-state index contributed by atoms with van der Waals surface area (Å²) in [5.74, 6) is 2.91. The average Bonchev–Trinajstić information content (AvgIpc) is 2.81. The van der Waals surface area contributed by atoms with Crippen LogP contribution in [0.25, 0.3) is 11.1 Å². The molecule has 1 aromatic carbocycles. The number of hydrogen-bond donors (Lipinski definition) is 0. The third kappa shape index (κ3) is 11.0. The second kappa shape index (κ2) is 16.1. The fraction of sp³-hybridized carbons (Fsp3) is 0.630. The maximum atomic E-state index is 5.88. The Morgan fingerprint density at radius 1 is 0.806 bits per heavy atom. The lowest BCUT2D eigenvalue weighted by Gasteiger charge is -2.08. The van der Waals surface area contributed by atoms with Crippen LogP contribution in [0, 0.1) is 5.92 Å². The minimum absolute atomic E-state index is 0.804. The van der Waals surface area contributed by atoms with Crippen LogP contribution in [0.3, 0.4) is 0 Å². The van der Waals surface area contributed by atoms with Crippen molar-refractivity contribution in [3.8, 4) is 16.9 Å². The van der Waals surface area contributed by atoms with E-state index in [1.807, 2.05) is 12.4 Å². The summed E-state index contributed by atoms with van der Waals surface area (Å²) in [6, 6.07) is 8.29. The molecule has 4 heteroatoms. The van der Waals surface area contributed by atoms with Gasteiger partial charge in [0.1, 0.15) is 5.75 Å². The first kappa shape index (κ1) is 25.7. The van der Waals surface area contributed by atoms with E-state index in [1.165, 1.54) is 64.2 Å². The highest BCUT2D eigenvalue weighted by atomic mass is 32.2. The highest BCUT2D eigenvalue weighted by molar-refractivity contribution is 7.99.